The van der Waals surface area contributed by atoms with Gasteiger partial charge < -0.3 is 9.47 Å². The quantitative estimate of drug-likeness (QED) is 0.483. The van der Waals surface area contributed by atoms with E-state index >= 15 is 0 Å². The molecule has 74 valence electrons. The van der Waals surface area contributed by atoms with Crippen LogP contribution in [0.25, 0.3) is 0 Å². The minimum absolute atomic E-state index is 0.133. The highest BCUT2D eigenvalue weighted by Gasteiger charge is 2.24. The lowest BCUT2D eigenvalue weighted by Crippen LogP contribution is -2.30. The van der Waals surface area contributed by atoms with Crippen molar-refractivity contribution in [1.82, 2.24) is 0 Å². The molecule has 1 heterocycles. The van der Waals surface area contributed by atoms with Crippen molar-refractivity contribution in [2.24, 2.45) is 0 Å². The summed E-state index contributed by atoms with van der Waals surface area (Å²) in [6.45, 7) is 5.82. The van der Waals surface area contributed by atoms with Crippen molar-refractivity contribution in [3.05, 3.63) is 12.7 Å². The summed E-state index contributed by atoms with van der Waals surface area (Å²) in [6.07, 6.45) is 4.38. The van der Waals surface area contributed by atoms with Crippen molar-refractivity contribution in [2.75, 3.05) is 6.61 Å². The highest BCUT2D eigenvalue weighted by Crippen LogP contribution is 2.18. The Balaban J connectivity index is 2.53. The van der Waals surface area contributed by atoms with Crippen LogP contribution in [0.3, 0.4) is 0 Å². The molecule has 0 aliphatic carbocycles. The molecule has 0 N–H and O–H groups in total. The van der Waals surface area contributed by atoms with Crippen LogP contribution in [0.15, 0.2) is 12.7 Å². The summed E-state index contributed by atoms with van der Waals surface area (Å²) in [5, 5.41) is 0. The Labute approximate surface area is 78.7 Å². The second-order valence-corrected chi connectivity index (χ2v) is 3.21. The zero-order valence-corrected chi connectivity index (χ0v) is 7.99. The van der Waals surface area contributed by atoms with Gasteiger partial charge in [-0.15, -0.1) is 6.58 Å². The van der Waals surface area contributed by atoms with Crippen molar-refractivity contribution in [1.29, 1.82) is 0 Å². The third-order valence-electron chi connectivity index (χ3n) is 2.11. The fraction of sp³-hybridized carbons (Fsp3) is 0.700. The third-order valence-corrected chi connectivity index (χ3v) is 2.11. The number of carbonyl (C=O) groups is 1. The largest absolute Gasteiger partial charge is 0.459 e. The normalized spacial score (nSPS) is 29.0. The standard InChI is InChI=1S/C10H16O3/c1-3-9-10(13-8(2)11)6-4-5-7-12-9/h3,9-10H,1,4-7H2,2H3/t9-,10+/m0/s1. The van der Waals surface area contributed by atoms with Crippen LogP contribution < -0.4 is 0 Å². The van der Waals surface area contributed by atoms with Crippen molar-refractivity contribution in [3.63, 3.8) is 0 Å². The SMILES string of the molecule is C=C[C@@H]1OCCCC[C@H]1OC(C)=O. The van der Waals surface area contributed by atoms with E-state index in [1.54, 1.807) is 6.08 Å². The lowest BCUT2D eigenvalue weighted by atomic mass is 10.1. The van der Waals surface area contributed by atoms with E-state index in [0.717, 1.165) is 25.9 Å². The van der Waals surface area contributed by atoms with Crippen LogP contribution in [0.4, 0.5) is 0 Å². The van der Waals surface area contributed by atoms with Crippen LogP contribution >= 0.6 is 0 Å². The van der Waals surface area contributed by atoms with Crippen LogP contribution in [0.1, 0.15) is 26.2 Å². The van der Waals surface area contributed by atoms with E-state index in [4.69, 9.17) is 9.47 Å². The predicted molar refractivity (Wildman–Crippen MR) is 49.3 cm³/mol. The number of carbonyl (C=O) groups excluding carboxylic acids is 1. The van der Waals surface area contributed by atoms with E-state index in [-0.39, 0.29) is 18.2 Å². The van der Waals surface area contributed by atoms with Crippen molar-refractivity contribution in [3.8, 4) is 0 Å². The summed E-state index contributed by atoms with van der Waals surface area (Å²) in [5.41, 5.74) is 0. The fourth-order valence-corrected chi connectivity index (χ4v) is 1.50. The molecule has 0 unspecified atom stereocenters. The lowest BCUT2D eigenvalue weighted by molar-refractivity contribution is -0.151. The average molecular weight is 184 g/mol. The molecule has 0 bridgehead atoms. The fourth-order valence-electron chi connectivity index (χ4n) is 1.50. The van der Waals surface area contributed by atoms with Gasteiger partial charge in [-0.2, -0.15) is 0 Å². The van der Waals surface area contributed by atoms with Crippen molar-refractivity contribution in [2.45, 2.75) is 38.4 Å². The first-order valence-electron chi connectivity index (χ1n) is 4.65. The number of esters is 1. The Morgan fingerprint density at radius 1 is 1.62 bits per heavy atom. The summed E-state index contributed by atoms with van der Waals surface area (Å²) >= 11 is 0. The molecule has 0 aromatic heterocycles. The molecule has 1 aliphatic heterocycles. The van der Waals surface area contributed by atoms with Crippen molar-refractivity contribution >= 4 is 5.97 Å². The van der Waals surface area contributed by atoms with Gasteiger partial charge in [0.2, 0.25) is 0 Å². The Morgan fingerprint density at radius 2 is 2.38 bits per heavy atom. The predicted octanol–water partition coefficient (Wildman–Crippen LogP) is 1.67. The van der Waals surface area contributed by atoms with Gasteiger partial charge in [-0.05, 0) is 19.3 Å². The molecule has 0 spiro atoms. The van der Waals surface area contributed by atoms with Crippen LogP contribution in [0.2, 0.25) is 0 Å². The zero-order chi connectivity index (χ0) is 9.68. The summed E-state index contributed by atoms with van der Waals surface area (Å²) < 4.78 is 10.6. The van der Waals surface area contributed by atoms with Crippen LogP contribution in [0, 0.1) is 0 Å². The Bertz CT molecular complexity index is 189. The monoisotopic (exact) mass is 184 g/mol. The van der Waals surface area contributed by atoms with E-state index in [2.05, 4.69) is 6.58 Å². The first kappa shape index (κ1) is 10.3. The highest BCUT2D eigenvalue weighted by molar-refractivity contribution is 5.66. The van der Waals surface area contributed by atoms with Gasteiger partial charge in [-0.3, -0.25) is 4.79 Å². The summed E-state index contributed by atoms with van der Waals surface area (Å²) in [6, 6.07) is 0. The third kappa shape index (κ3) is 3.19. The van der Waals surface area contributed by atoms with Gasteiger partial charge in [-0.1, -0.05) is 6.08 Å². The van der Waals surface area contributed by atoms with Gasteiger partial charge in [0.15, 0.2) is 0 Å². The number of ether oxygens (including phenoxy) is 2. The lowest BCUT2D eigenvalue weighted by Gasteiger charge is -2.21. The van der Waals surface area contributed by atoms with E-state index in [1.165, 1.54) is 6.92 Å². The topological polar surface area (TPSA) is 35.5 Å². The summed E-state index contributed by atoms with van der Waals surface area (Å²) in [7, 11) is 0. The number of rotatable bonds is 2. The minimum atomic E-state index is -0.248. The molecule has 3 heteroatoms. The van der Waals surface area contributed by atoms with Gasteiger partial charge in [-0.25, -0.2) is 0 Å². The Hall–Kier alpha value is -0.830. The maximum atomic E-state index is 10.8. The van der Waals surface area contributed by atoms with E-state index < -0.39 is 0 Å². The molecule has 2 atom stereocenters. The zero-order valence-electron chi connectivity index (χ0n) is 7.99. The molecule has 0 radical (unpaired) electrons. The molecule has 0 aromatic rings. The first-order chi connectivity index (χ1) is 6.24. The molecular weight excluding hydrogens is 168 g/mol. The molecule has 0 saturated carbocycles. The first-order valence-corrected chi connectivity index (χ1v) is 4.65. The van der Waals surface area contributed by atoms with E-state index in [0.29, 0.717) is 0 Å². The van der Waals surface area contributed by atoms with Gasteiger partial charge >= 0.3 is 5.97 Å². The molecule has 3 nitrogen and oxygen atoms in total. The summed E-state index contributed by atoms with van der Waals surface area (Å²) in [4.78, 5) is 10.8. The molecule has 1 saturated heterocycles. The molecule has 1 rings (SSSR count). The van der Waals surface area contributed by atoms with Gasteiger partial charge in [0.1, 0.15) is 12.2 Å². The van der Waals surface area contributed by atoms with Gasteiger partial charge in [0.05, 0.1) is 0 Å². The number of hydrogen-bond acceptors (Lipinski definition) is 3. The maximum Gasteiger partial charge on any atom is 0.303 e. The minimum Gasteiger partial charge on any atom is -0.459 e. The Kier molecular flexibility index (Phi) is 3.96. The maximum absolute atomic E-state index is 10.8. The van der Waals surface area contributed by atoms with Crippen LogP contribution in [-0.4, -0.2) is 24.8 Å². The highest BCUT2D eigenvalue weighted by atomic mass is 16.6. The molecule has 1 fully saturated rings. The van der Waals surface area contributed by atoms with Crippen LogP contribution in [0.5, 0.6) is 0 Å². The Morgan fingerprint density at radius 3 is 3.00 bits per heavy atom. The van der Waals surface area contributed by atoms with E-state index in [9.17, 15) is 4.79 Å². The number of hydrogen-bond donors (Lipinski definition) is 0. The average Bonchev–Trinajstić information content (AvgIpc) is 2.28. The molecular formula is C10H16O3. The van der Waals surface area contributed by atoms with E-state index in [1.807, 2.05) is 0 Å². The molecule has 0 aromatic carbocycles. The smallest absolute Gasteiger partial charge is 0.303 e. The van der Waals surface area contributed by atoms with Gasteiger partial charge in [0, 0.05) is 13.5 Å². The second-order valence-electron chi connectivity index (χ2n) is 3.21. The van der Waals surface area contributed by atoms with Gasteiger partial charge in [0.25, 0.3) is 0 Å². The molecule has 1 aliphatic rings. The molecule has 13 heavy (non-hydrogen) atoms. The second kappa shape index (κ2) is 5.02. The van der Waals surface area contributed by atoms with Crippen LogP contribution in [-0.2, 0) is 14.3 Å². The molecule has 0 amide bonds. The summed E-state index contributed by atoms with van der Waals surface area (Å²) in [5.74, 6) is -0.248. The van der Waals surface area contributed by atoms with Crippen molar-refractivity contribution < 1.29 is 14.3 Å².